The molecule has 0 aliphatic carbocycles. The first kappa shape index (κ1) is 24.9. The molecule has 2 aromatic rings. The van der Waals surface area contributed by atoms with Crippen LogP contribution in [0.25, 0.3) is 0 Å². The average molecular weight is 469 g/mol. The van der Waals surface area contributed by atoms with E-state index >= 15 is 0 Å². The van der Waals surface area contributed by atoms with Crippen molar-refractivity contribution in [1.82, 2.24) is 4.72 Å². The van der Waals surface area contributed by atoms with Crippen LogP contribution >= 0.6 is 35.1 Å². The van der Waals surface area contributed by atoms with E-state index in [1.807, 2.05) is 49.4 Å². The van der Waals surface area contributed by atoms with E-state index in [4.69, 9.17) is 27.9 Å². The Labute approximate surface area is 194 Å². The number of Topliss-reactive ketones (excluding diaryl/α,β-unsaturated/α-hetero) is 1. The Morgan fingerprint density at radius 1 is 1.13 bits per heavy atom. The van der Waals surface area contributed by atoms with Crippen LogP contribution in [-0.2, 0) is 10.2 Å². The summed E-state index contributed by atoms with van der Waals surface area (Å²) in [6, 6.07) is 12.1. The van der Waals surface area contributed by atoms with E-state index in [0.717, 1.165) is 23.2 Å². The molecule has 0 heterocycles. The van der Waals surface area contributed by atoms with Crippen molar-refractivity contribution < 1.29 is 9.53 Å². The van der Waals surface area contributed by atoms with Gasteiger partial charge in [-0.2, -0.15) is 0 Å². The highest BCUT2D eigenvalue weighted by Gasteiger charge is 2.26. The number of nitrogens with zero attached hydrogens (tertiary/aromatic N) is 1. The van der Waals surface area contributed by atoms with E-state index in [-0.39, 0.29) is 11.2 Å². The summed E-state index contributed by atoms with van der Waals surface area (Å²) < 4.78 is 8.67. The molecule has 0 aromatic heterocycles. The van der Waals surface area contributed by atoms with Crippen LogP contribution < -0.4 is 14.4 Å². The summed E-state index contributed by atoms with van der Waals surface area (Å²) in [5, 5.41) is 1.04. The maximum atomic E-state index is 12.0. The third kappa shape index (κ3) is 6.30. The number of hydrogen-bond acceptors (Lipinski definition) is 5. The lowest BCUT2D eigenvalue weighted by molar-refractivity contribution is -0.116. The Morgan fingerprint density at radius 3 is 2.27 bits per heavy atom. The van der Waals surface area contributed by atoms with Crippen LogP contribution in [0.5, 0.6) is 5.75 Å². The standard InChI is InChI=1S/C23H30Cl2N2O2S/c1-6-11-29-22-20(24)12-17(13-21(22)25)23(2,3)16-7-9-18(10-8-16)27(4)15-19(28)14-26-30-5/h7-10,12-13,26H,6,11,14-15H2,1-5H3. The number of ketones is 1. The largest absolute Gasteiger partial charge is 0.490 e. The van der Waals surface area contributed by atoms with E-state index in [1.54, 1.807) is 0 Å². The molecule has 0 spiro atoms. The highest BCUT2D eigenvalue weighted by molar-refractivity contribution is 7.96. The molecule has 1 N–H and O–H groups in total. The number of anilines is 1. The molecule has 0 saturated carbocycles. The topological polar surface area (TPSA) is 41.6 Å². The van der Waals surface area contributed by atoms with Gasteiger partial charge in [0, 0.05) is 18.2 Å². The lowest BCUT2D eigenvalue weighted by Crippen LogP contribution is -2.30. The molecule has 4 nitrogen and oxygen atoms in total. The molecule has 0 atom stereocenters. The third-order valence-corrected chi connectivity index (χ3v) is 6.02. The van der Waals surface area contributed by atoms with Gasteiger partial charge in [-0.3, -0.25) is 9.52 Å². The Kier molecular flexibility index (Phi) is 9.35. The number of benzene rings is 2. The van der Waals surface area contributed by atoms with Crippen molar-refractivity contribution in [1.29, 1.82) is 0 Å². The van der Waals surface area contributed by atoms with Crippen LogP contribution in [0.1, 0.15) is 38.3 Å². The molecule has 7 heteroatoms. The summed E-state index contributed by atoms with van der Waals surface area (Å²) in [7, 11) is 1.92. The van der Waals surface area contributed by atoms with Crippen LogP contribution in [0.3, 0.4) is 0 Å². The van der Waals surface area contributed by atoms with Gasteiger partial charge in [0.2, 0.25) is 0 Å². The SMILES string of the molecule is CCCOc1c(Cl)cc(C(C)(C)c2ccc(N(C)CC(=O)CNSC)cc2)cc1Cl. The van der Waals surface area contributed by atoms with Crippen LogP contribution in [-0.4, -0.2) is 38.8 Å². The fourth-order valence-corrected chi connectivity index (χ4v) is 4.03. The summed E-state index contributed by atoms with van der Waals surface area (Å²) in [5.41, 5.74) is 2.84. The smallest absolute Gasteiger partial charge is 0.166 e. The minimum absolute atomic E-state index is 0.144. The molecule has 0 aliphatic rings. The van der Waals surface area contributed by atoms with Crippen molar-refractivity contribution in [3.8, 4) is 5.75 Å². The van der Waals surface area contributed by atoms with Gasteiger partial charge in [0.15, 0.2) is 11.5 Å². The highest BCUT2D eigenvalue weighted by atomic mass is 35.5. The quantitative estimate of drug-likeness (QED) is 0.410. The number of carbonyl (C=O) groups is 1. The van der Waals surface area contributed by atoms with E-state index in [1.165, 1.54) is 11.9 Å². The first-order valence-electron chi connectivity index (χ1n) is 9.92. The Hall–Kier alpha value is -1.40. The molecule has 0 radical (unpaired) electrons. The summed E-state index contributed by atoms with van der Waals surface area (Å²) in [4.78, 5) is 14.0. The van der Waals surface area contributed by atoms with Crippen LogP contribution in [0.15, 0.2) is 36.4 Å². The second-order valence-electron chi connectivity index (χ2n) is 7.71. The number of nitrogens with one attached hydrogen (secondary N) is 1. The monoisotopic (exact) mass is 468 g/mol. The zero-order valence-electron chi connectivity index (χ0n) is 18.2. The van der Waals surface area contributed by atoms with E-state index < -0.39 is 0 Å². The zero-order valence-corrected chi connectivity index (χ0v) is 20.5. The summed E-state index contributed by atoms with van der Waals surface area (Å²) in [6.45, 7) is 7.61. The number of halogens is 2. The molecule has 0 unspecified atom stereocenters. The second kappa shape index (κ2) is 11.3. The van der Waals surface area contributed by atoms with Gasteiger partial charge in [-0.25, -0.2) is 0 Å². The van der Waals surface area contributed by atoms with Gasteiger partial charge in [0.1, 0.15) is 0 Å². The van der Waals surface area contributed by atoms with E-state index in [9.17, 15) is 4.79 Å². The molecular formula is C23H30Cl2N2O2S. The molecule has 2 rings (SSSR count). The van der Waals surface area contributed by atoms with Crippen molar-refractivity contribution in [3.63, 3.8) is 0 Å². The van der Waals surface area contributed by atoms with Gasteiger partial charge in [-0.15, -0.1) is 0 Å². The van der Waals surface area contributed by atoms with E-state index in [2.05, 4.69) is 30.7 Å². The zero-order chi connectivity index (χ0) is 22.3. The lowest BCUT2D eigenvalue weighted by atomic mass is 9.78. The summed E-state index contributed by atoms with van der Waals surface area (Å²) in [6.07, 6.45) is 2.80. The number of likely N-dealkylation sites (N-methyl/N-ethyl adjacent to an activating group) is 1. The van der Waals surface area contributed by atoms with Crippen molar-refractivity contribution >= 4 is 46.6 Å². The number of ether oxygens (including phenoxy) is 1. The van der Waals surface area contributed by atoms with Crippen LogP contribution in [0.2, 0.25) is 10.0 Å². The van der Waals surface area contributed by atoms with Crippen molar-refractivity contribution in [2.75, 3.05) is 37.9 Å². The Balaban J connectivity index is 2.19. The summed E-state index contributed by atoms with van der Waals surface area (Å²) in [5.74, 6) is 0.684. The summed E-state index contributed by atoms with van der Waals surface area (Å²) >= 11 is 14.4. The van der Waals surface area contributed by atoms with E-state index in [0.29, 0.717) is 35.5 Å². The molecule has 0 amide bonds. The lowest BCUT2D eigenvalue weighted by Gasteiger charge is -2.28. The van der Waals surface area contributed by atoms with Crippen molar-refractivity contribution in [2.24, 2.45) is 0 Å². The minimum atomic E-state index is -0.300. The normalized spacial score (nSPS) is 11.4. The maximum absolute atomic E-state index is 12.0. The minimum Gasteiger partial charge on any atom is -0.490 e. The number of hydrogen-bond donors (Lipinski definition) is 1. The maximum Gasteiger partial charge on any atom is 0.166 e. The first-order valence-corrected chi connectivity index (χ1v) is 11.9. The number of rotatable bonds is 11. The number of carbonyl (C=O) groups excluding carboxylic acids is 1. The predicted octanol–water partition coefficient (Wildman–Crippen LogP) is 5.98. The second-order valence-corrected chi connectivity index (χ2v) is 9.22. The molecule has 2 aromatic carbocycles. The molecule has 0 saturated heterocycles. The molecule has 0 bridgehead atoms. The van der Waals surface area contributed by atoms with Gasteiger partial charge in [0.25, 0.3) is 0 Å². The molecule has 0 fully saturated rings. The van der Waals surface area contributed by atoms with Crippen LogP contribution in [0.4, 0.5) is 5.69 Å². The van der Waals surface area contributed by atoms with Crippen molar-refractivity contribution in [3.05, 3.63) is 57.6 Å². The molecule has 30 heavy (non-hydrogen) atoms. The Morgan fingerprint density at radius 2 is 1.73 bits per heavy atom. The van der Waals surface area contributed by atoms with Gasteiger partial charge < -0.3 is 9.64 Å². The fraction of sp³-hybridized carbons (Fsp3) is 0.435. The average Bonchev–Trinajstić information content (AvgIpc) is 2.71. The van der Waals surface area contributed by atoms with Crippen molar-refractivity contribution in [2.45, 2.75) is 32.6 Å². The molecule has 164 valence electrons. The van der Waals surface area contributed by atoms with Gasteiger partial charge >= 0.3 is 0 Å². The first-order chi connectivity index (χ1) is 14.2. The Bertz CT molecular complexity index is 834. The molecular weight excluding hydrogens is 439 g/mol. The van der Waals surface area contributed by atoms with Gasteiger partial charge in [-0.1, -0.05) is 68.1 Å². The fourth-order valence-electron chi connectivity index (χ4n) is 3.13. The molecule has 0 aliphatic heterocycles. The van der Waals surface area contributed by atoms with Crippen LogP contribution in [0, 0.1) is 0 Å². The highest BCUT2D eigenvalue weighted by Crippen LogP contribution is 2.40. The third-order valence-electron chi connectivity index (χ3n) is 5.03. The van der Waals surface area contributed by atoms with Gasteiger partial charge in [0.05, 0.1) is 29.7 Å². The van der Waals surface area contributed by atoms with Gasteiger partial charge in [-0.05, 0) is 48.1 Å². The predicted molar refractivity (Wildman–Crippen MR) is 131 cm³/mol.